The molecule has 2 aromatic rings. The summed E-state index contributed by atoms with van der Waals surface area (Å²) in [5.74, 6) is 0. The molecule has 0 fully saturated rings. The topological polar surface area (TPSA) is 59.0 Å². The Morgan fingerprint density at radius 2 is 2.39 bits per heavy atom. The highest BCUT2D eigenvalue weighted by Gasteiger charge is 2.15. The third-order valence-corrected chi connectivity index (χ3v) is 3.48. The minimum Gasteiger partial charge on any atom is -0.338 e. The molecule has 0 aliphatic carbocycles. The van der Waals surface area contributed by atoms with Crippen molar-refractivity contribution in [3.63, 3.8) is 0 Å². The lowest BCUT2D eigenvalue weighted by atomic mass is 10.2. The third-order valence-electron chi connectivity index (χ3n) is 2.51. The SMILES string of the molecule is CCNC(=O)NCC(c1cccs1)n1cccn1. The van der Waals surface area contributed by atoms with Gasteiger partial charge in [0.25, 0.3) is 0 Å². The number of aromatic nitrogens is 2. The van der Waals surface area contributed by atoms with Crippen LogP contribution in [0.3, 0.4) is 0 Å². The highest BCUT2D eigenvalue weighted by atomic mass is 32.1. The van der Waals surface area contributed by atoms with E-state index in [2.05, 4.69) is 21.8 Å². The van der Waals surface area contributed by atoms with Crippen molar-refractivity contribution in [2.75, 3.05) is 13.1 Å². The van der Waals surface area contributed by atoms with Crippen molar-refractivity contribution >= 4 is 17.4 Å². The number of hydrogen-bond acceptors (Lipinski definition) is 3. The Labute approximate surface area is 110 Å². The summed E-state index contributed by atoms with van der Waals surface area (Å²) in [6.45, 7) is 3.04. The number of hydrogen-bond donors (Lipinski definition) is 2. The van der Waals surface area contributed by atoms with Crippen molar-refractivity contribution < 1.29 is 4.79 Å². The largest absolute Gasteiger partial charge is 0.338 e. The molecular weight excluding hydrogens is 248 g/mol. The summed E-state index contributed by atoms with van der Waals surface area (Å²) in [5, 5.41) is 11.8. The van der Waals surface area contributed by atoms with E-state index in [0.717, 1.165) is 0 Å². The molecule has 2 heterocycles. The quantitative estimate of drug-likeness (QED) is 0.866. The van der Waals surface area contributed by atoms with Gasteiger partial charge in [-0.05, 0) is 24.4 Å². The second-order valence-corrected chi connectivity index (χ2v) is 4.74. The minimum absolute atomic E-state index is 0.0441. The zero-order valence-corrected chi connectivity index (χ0v) is 11.0. The number of carbonyl (C=O) groups excluding carboxylic acids is 1. The highest BCUT2D eigenvalue weighted by molar-refractivity contribution is 7.10. The number of rotatable bonds is 5. The van der Waals surface area contributed by atoms with Crippen LogP contribution in [-0.4, -0.2) is 28.9 Å². The first-order valence-electron chi connectivity index (χ1n) is 5.85. The second kappa shape index (κ2) is 6.20. The first kappa shape index (κ1) is 12.6. The van der Waals surface area contributed by atoms with Gasteiger partial charge in [0, 0.05) is 30.4 Å². The van der Waals surface area contributed by atoms with E-state index in [1.54, 1.807) is 17.5 Å². The van der Waals surface area contributed by atoms with Gasteiger partial charge < -0.3 is 10.6 Å². The number of nitrogens with zero attached hydrogens (tertiary/aromatic N) is 2. The summed E-state index contributed by atoms with van der Waals surface area (Å²) in [5.41, 5.74) is 0. The molecule has 5 nitrogen and oxygen atoms in total. The van der Waals surface area contributed by atoms with Crippen molar-refractivity contribution in [3.05, 3.63) is 40.8 Å². The van der Waals surface area contributed by atoms with Gasteiger partial charge in [-0.2, -0.15) is 5.10 Å². The second-order valence-electron chi connectivity index (χ2n) is 3.76. The molecule has 0 aliphatic heterocycles. The van der Waals surface area contributed by atoms with Crippen LogP contribution in [0, 0.1) is 0 Å². The molecule has 0 aliphatic rings. The molecule has 2 N–H and O–H groups in total. The lowest BCUT2D eigenvalue weighted by Crippen LogP contribution is -2.38. The Morgan fingerprint density at radius 3 is 3.00 bits per heavy atom. The molecule has 1 unspecified atom stereocenters. The monoisotopic (exact) mass is 264 g/mol. The number of nitrogens with one attached hydrogen (secondary N) is 2. The summed E-state index contributed by atoms with van der Waals surface area (Å²) < 4.78 is 1.86. The minimum atomic E-state index is -0.147. The van der Waals surface area contributed by atoms with Gasteiger partial charge in [-0.15, -0.1) is 11.3 Å². The van der Waals surface area contributed by atoms with E-state index >= 15 is 0 Å². The molecule has 6 heteroatoms. The zero-order chi connectivity index (χ0) is 12.8. The smallest absolute Gasteiger partial charge is 0.314 e. The fraction of sp³-hybridized carbons (Fsp3) is 0.333. The first-order chi connectivity index (χ1) is 8.81. The number of thiophene rings is 1. The Bertz CT molecular complexity index is 432. The molecule has 96 valence electrons. The van der Waals surface area contributed by atoms with Crippen molar-refractivity contribution in [2.24, 2.45) is 0 Å². The summed E-state index contributed by atoms with van der Waals surface area (Å²) in [6.07, 6.45) is 3.65. The molecule has 2 rings (SSSR count). The van der Waals surface area contributed by atoms with Gasteiger partial charge in [0.2, 0.25) is 0 Å². The van der Waals surface area contributed by atoms with Crippen molar-refractivity contribution in [2.45, 2.75) is 13.0 Å². The predicted molar refractivity (Wildman–Crippen MR) is 71.8 cm³/mol. The predicted octanol–water partition coefficient (Wildman–Crippen LogP) is 1.85. The van der Waals surface area contributed by atoms with Crippen LogP contribution in [0.2, 0.25) is 0 Å². The van der Waals surface area contributed by atoms with Crippen LogP contribution in [0.1, 0.15) is 17.8 Å². The maximum Gasteiger partial charge on any atom is 0.314 e. The molecule has 0 saturated carbocycles. The van der Waals surface area contributed by atoms with Crippen LogP contribution in [0.5, 0.6) is 0 Å². The molecule has 1 atom stereocenters. The average Bonchev–Trinajstić information content (AvgIpc) is 3.02. The maximum atomic E-state index is 11.4. The van der Waals surface area contributed by atoms with Gasteiger partial charge in [0.15, 0.2) is 0 Å². The van der Waals surface area contributed by atoms with E-state index in [4.69, 9.17) is 0 Å². The van der Waals surface area contributed by atoms with Crippen LogP contribution in [0.15, 0.2) is 36.0 Å². The van der Waals surface area contributed by atoms with Gasteiger partial charge in [0.1, 0.15) is 6.04 Å². The number of amides is 2. The summed E-state index contributed by atoms with van der Waals surface area (Å²) in [7, 11) is 0. The summed E-state index contributed by atoms with van der Waals surface area (Å²) >= 11 is 1.66. The Balaban J connectivity index is 2.05. The lowest BCUT2D eigenvalue weighted by Gasteiger charge is -2.17. The molecule has 0 aromatic carbocycles. The highest BCUT2D eigenvalue weighted by Crippen LogP contribution is 2.21. The molecule has 0 spiro atoms. The normalized spacial score (nSPS) is 12.1. The van der Waals surface area contributed by atoms with E-state index in [1.165, 1.54) is 4.88 Å². The van der Waals surface area contributed by atoms with Crippen LogP contribution < -0.4 is 10.6 Å². The Morgan fingerprint density at radius 1 is 1.50 bits per heavy atom. The van der Waals surface area contributed by atoms with Crippen LogP contribution in [0.25, 0.3) is 0 Å². The van der Waals surface area contributed by atoms with Crippen molar-refractivity contribution in [1.29, 1.82) is 0 Å². The Hall–Kier alpha value is -1.82. The van der Waals surface area contributed by atoms with Crippen LogP contribution in [-0.2, 0) is 0 Å². The summed E-state index contributed by atoms with van der Waals surface area (Å²) in [6, 6.07) is 5.83. The van der Waals surface area contributed by atoms with Gasteiger partial charge in [-0.25, -0.2) is 4.79 Å². The average molecular weight is 264 g/mol. The fourth-order valence-corrected chi connectivity index (χ4v) is 2.50. The maximum absolute atomic E-state index is 11.4. The van der Waals surface area contributed by atoms with Crippen molar-refractivity contribution in [3.8, 4) is 0 Å². The number of carbonyl (C=O) groups is 1. The Kier molecular flexibility index (Phi) is 4.35. The van der Waals surface area contributed by atoms with Gasteiger partial charge in [-0.3, -0.25) is 4.68 Å². The van der Waals surface area contributed by atoms with E-state index in [1.807, 2.05) is 35.3 Å². The standard InChI is InChI=1S/C12H16N4OS/c1-2-13-12(17)14-9-10(11-5-3-8-18-11)16-7-4-6-15-16/h3-8,10H,2,9H2,1H3,(H2,13,14,17). The van der Waals surface area contributed by atoms with E-state index in [9.17, 15) is 4.79 Å². The lowest BCUT2D eigenvalue weighted by molar-refractivity contribution is 0.240. The van der Waals surface area contributed by atoms with Gasteiger partial charge in [0.05, 0.1) is 0 Å². The number of urea groups is 1. The summed E-state index contributed by atoms with van der Waals surface area (Å²) in [4.78, 5) is 12.6. The van der Waals surface area contributed by atoms with Crippen molar-refractivity contribution in [1.82, 2.24) is 20.4 Å². The van der Waals surface area contributed by atoms with Crippen LogP contribution >= 0.6 is 11.3 Å². The van der Waals surface area contributed by atoms with Crippen LogP contribution in [0.4, 0.5) is 4.79 Å². The molecule has 18 heavy (non-hydrogen) atoms. The molecule has 0 saturated heterocycles. The zero-order valence-electron chi connectivity index (χ0n) is 10.2. The van der Waals surface area contributed by atoms with E-state index in [0.29, 0.717) is 13.1 Å². The van der Waals surface area contributed by atoms with E-state index < -0.39 is 0 Å². The van der Waals surface area contributed by atoms with E-state index in [-0.39, 0.29) is 12.1 Å². The molecule has 2 aromatic heterocycles. The van der Waals surface area contributed by atoms with Gasteiger partial charge in [-0.1, -0.05) is 6.07 Å². The molecule has 2 amide bonds. The third kappa shape index (κ3) is 3.10. The first-order valence-corrected chi connectivity index (χ1v) is 6.73. The molecule has 0 bridgehead atoms. The molecular formula is C12H16N4OS. The van der Waals surface area contributed by atoms with Gasteiger partial charge >= 0.3 is 6.03 Å². The fourth-order valence-electron chi connectivity index (χ4n) is 1.68. The molecule has 0 radical (unpaired) electrons.